The van der Waals surface area contributed by atoms with Crippen LogP contribution in [0.2, 0.25) is 0 Å². The van der Waals surface area contributed by atoms with E-state index in [0.717, 1.165) is 12.0 Å². The van der Waals surface area contributed by atoms with Gasteiger partial charge in [-0.15, -0.1) is 24.0 Å². The van der Waals surface area contributed by atoms with Crippen molar-refractivity contribution >= 4 is 47.4 Å². The number of carbonyl (C=O) groups excluding carboxylic acids is 2. The average Bonchev–Trinajstić information content (AvgIpc) is 2.70. The van der Waals surface area contributed by atoms with Crippen LogP contribution in [0.25, 0.3) is 0 Å². The van der Waals surface area contributed by atoms with E-state index in [1.54, 1.807) is 56.6 Å². The molecule has 0 fully saturated rings. The van der Waals surface area contributed by atoms with Gasteiger partial charge < -0.3 is 20.9 Å². The molecule has 156 valence electrons. The zero-order chi connectivity index (χ0) is 20.4. The van der Waals surface area contributed by atoms with Crippen molar-refractivity contribution in [3.05, 3.63) is 59.9 Å². The SMILES string of the molecule is CN=C(NCCc1cccc(C(=O)N(C)C)c1)NCC(=O)Nc1cccnc1.I. The molecule has 29 heavy (non-hydrogen) atoms. The Bertz CT molecular complexity index is 827. The number of rotatable bonds is 7. The highest BCUT2D eigenvalue weighted by atomic mass is 127. The second-order valence-corrected chi connectivity index (χ2v) is 6.29. The Labute approximate surface area is 188 Å². The van der Waals surface area contributed by atoms with E-state index in [1.807, 2.05) is 18.2 Å². The molecule has 9 heteroatoms. The van der Waals surface area contributed by atoms with Gasteiger partial charge in [0.05, 0.1) is 18.4 Å². The monoisotopic (exact) mass is 510 g/mol. The largest absolute Gasteiger partial charge is 0.356 e. The van der Waals surface area contributed by atoms with Crippen LogP contribution < -0.4 is 16.0 Å². The number of halogens is 1. The van der Waals surface area contributed by atoms with Gasteiger partial charge in [0.2, 0.25) is 5.91 Å². The number of carbonyl (C=O) groups is 2. The summed E-state index contributed by atoms with van der Waals surface area (Å²) in [7, 11) is 5.11. The van der Waals surface area contributed by atoms with Gasteiger partial charge in [0, 0.05) is 39.4 Å². The molecule has 1 aromatic heterocycles. The van der Waals surface area contributed by atoms with Crippen LogP contribution in [0.3, 0.4) is 0 Å². The lowest BCUT2D eigenvalue weighted by Crippen LogP contribution is -2.42. The van der Waals surface area contributed by atoms with Gasteiger partial charge in [-0.3, -0.25) is 19.6 Å². The van der Waals surface area contributed by atoms with E-state index in [1.165, 1.54) is 0 Å². The maximum absolute atomic E-state index is 12.0. The maximum Gasteiger partial charge on any atom is 0.253 e. The van der Waals surface area contributed by atoms with Crippen LogP contribution in [0.5, 0.6) is 0 Å². The lowest BCUT2D eigenvalue weighted by atomic mass is 10.1. The lowest BCUT2D eigenvalue weighted by molar-refractivity contribution is -0.115. The van der Waals surface area contributed by atoms with Crippen LogP contribution in [-0.2, 0) is 11.2 Å². The van der Waals surface area contributed by atoms with E-state index in [4.69, 9.17) is 0 Å². The Morgan fingerprint density at radius 1 is 1.14 bits per heavy atom. The van der Waals surface area contributed by atoms with Gasteiger partial charge in [0.15, 0.2) is 5.96 Å². The highest BCUT2D eigenvalue weighted by Crippen LogP contribution is 2.07. The van der Waals surface area contributed by atoms with Crippen molar-refractivity contribution in [1.29, 1.82) is 0 Å². The molecule has 1 heterocycles. The number of aromatic nitrogens is 1. The van der Waals surface area contributed by atoms with E-state index in [2.05, 4.69) is 25.9 Å². The van der Waals surface area contributed by atoms with Crippen molar-refractivity contribution in [3.63, 3.8) is 0 Å². The fourth-order valence-electron chi connectivity index (χ4n) is 2.47. The van der Waals surface area contributed by atoms with Crippen molar-refractivity contribution in [2.75, 3.05) is 39.5 Å². The predicted molar refractivity (Wildman–Crippen MR) is 126 cm³/mol. The van der Waals surface area contributed by atoms with Crippen LogP contribution in [0.15, 0.2) is 53.8 Å². The Morgan fingerprint density at radius 2 is 1.93 bits per heavy atom. The van der Waals surface area contributed by atoms with Crippen molar-refractivity contribution < 1.29 is 9.59 Å². The third-order valence-corrected chi connectivity index (χ3v) is 3.87. The van der Waals surface area contributed by atoms with E-state index < -0.39 is 0 Å². The number of guanidine groups is 1. The topological polar surface area (TPSA) is 98.7 Å². The number of pyridine rings is 1. The Kier molecular flexibility index (Phi) is 10.7. The maximum atomic E-state index is 12.0. The molecule has 0 spiro atoms. The smallest absolute Gasteiger partial charge is 0.253 e. The summed E-state index contributed by atoms with van der Waals surface area (Å²) >= 11 is 0. The van der Waals surface area contributed by atoms with Crippen LogP contribution in [-0.4, -0.2) is 61.9 Å². The Hall–Kier alpha value is -2.69. The molecular formula is C20H27IN6O2. The predicted octanol–water partition coefficient (Wildman–Crippen LogP) is 1.75. The van der Waals surface area contributed by atoms with Crippen molar-refractivity contribution in [2.45, 2.75) is 6.42 Å². The van der Waals surface area contributed by atoms with Crippen LogP contribution in [0.1, 0.15) is 15.9 Å². The van der Waals surface area contributed by atoms with Gasteiger partial charge in [-0.1, -0.05) is 12.1 Å². The van der Waals surface area contributed by atoms with Crippen molar-refractivity contribution in [3.8, 4) is 0 Å². The zero-order valence-corrected chi connectivity index (χ0v) is 19.1. The van der Waals surface area contributed by atoms with Gasteiger partial charge in [0.1, 0.15) is 0 Å². The molecule has 0 atom stereocenters. The first-order valence-electron chi connectivity index (χ1n) is 8.94. The number of aliphatic imine (C=N–C) groups is 1. The first-order chi connectivity index (χ1) is 13.5. The molecule has 3 N–H and O–H groups in total. The minimum absolute atomic E-state index is 0. The van der Waals surface area contributed by atoms with E-state index in [0.29, 0.717) is 23.8 Å². The molecular weight excluding hydrogens is 483 g/mol. The molecule has 2 aromatic rings. The fraction of sp³-hybridized carbons (Fsp3) is 0.300. The fourth-order valence-corrected chi connectivity index (χ4v) is 2.47. The number of hydrogen-bond acceptors (Lipinski definition) is 4. The molecule has 0 unspecified atom stereocenters. The minimum Gasteiger partial charge on any atom is -0.356 e. The second-order valence-electron chi connectivity index (χ2n) is 6.29. The highest BCUT2D eigenvalue weighted by Gasteiger charge is 2.08. The summed E-state index contributed by atoms with van der Waals surface area (Å²) in [5, 5.41) is 8.87. The van der Waals surface area contributed by atoms with Gasteiger partial charge in [0.25, 0.3) is 5.91 Å². The average molecular weight is 510 g/mol. The third kappa shape index (κ3) is 8.46. The summed E-state index contributed by atoms with van der Waals surface area (Å²) in [6.45, 7) is 0.699. The number of nitrogens with one attached hydrogen (secondary N) is 3. The molecule has 0 aliphatic heterocycles. The Balaban J connectivity index is 0.00000420. The molecule has 0 aliphatic carbocycles. The first-order valence-corrected chi connectivity index (χ1v) is 8.94. The summed E-state index contributed by atoms with van der Waals surface area (Å²) in [5.74, 6) is 0.319. The standard InChI is InChI=1S/C20H26N6O2.HI/c1-21-20(24-14-18(27)25-17-8-5-10-22-13-17)23-11-9-15-6-4-7-16(12-15)19(28)26(2)3;/h4-8,10,12-13H,9,11,14H2,1-3H3,(H,25,27)(H2,21,23,24);1H. The minimum atomic E-state index is -0.189. The molecule has 0 radical (unpaired) electrons. The quantitative estimate of drug-likeness (QED) is 0.300. The van der Waals surface area contributed by atoms with Gasteiger partial charge >= 0.3 is 0 Å². The van der Waals surface area contributed by atoms with Gasteiger partial charge in [-0.25, -0.2) is 0 Å². The molecule has 0 aliphatic rings. The number of nitrogens with zero attached hydrogens (tertiary/aromatic N) is 3. The highest BCUT2D eigenvalue weighted by molar-refractivity contribution is 14.0. The molecule has 1 aromatic carbocycles. The third-order valence-electron chi connectivity index (χ3n) is 3.87. The number of amides is 2. The van der Waals surface area contributed by atoms with Gasteiger partial charge in [-0.2, -0.15) is 0 Å². The van der Waals surface area contributed by atoms with Crippen LogP contribution >= 0.6 is 24.0 Å². The Morgan fingerprint density at radius 3 is 2.59 bits per heavy atom. The normalized spacial score (nSPS) is 10.5. The summed E-state index contributed by atoms with van der Waals surface area (Å²) in [4.78, 5) is 33.6. The van der Waals surface area contributed by atoms with Crippen LogP contribution in [0, 0.1) is 0 Å². The van der Waals surface area contributed by atoms with Crippen molar-refractivity contribution in [1.82, 2.24) is 20.5 Å². The molecule has 2 rings (SSSR count). The van der Waals surface area contributed by atoms with Crippen molar-refractivity contribution in [2.24, 2.45) is 4.99 Å². The first kappa shape index (κ1) is 24.3. The summed E-state index contributed by atoms with van der Waals surface area (Å²) in [6, 6.07) is 11.1. The molecule has 0 saturated heterocycles. The summed E-state index contributed by atoms with van der Waals surface area (Å²) in [5.41, 5.74) is 2.35. The lowest BCUT2D eigenvalue weighted by Gasteiger charge is -2.13. The summed E-state index contributed by atoms with van der Waals surface area (Å²) < 4.78 is 0. The van der Waals surface area contributed by atoms with Crippen LogP contribution in [0.4, 0.5) is 5.69 Å². The van der Waals surface area contributed by atoms with E-state index in [-0.39, 0.29) is 42.3 Å². The van der Waals surface area contributed by atoms with E-state index in [9.17, 15) is 9.59 Å². The van der Waals surface area contributed by atoms with E-state index >= 15 is 0 Å². The van der Waals surface area contributed by atoms with Gasteiger partial charge in [-0.05, 0) is 36.2 Å². The molecule has 0 bridgehead atoms. The second kappa shape index (κ2) is 12.7. The number of benzene rings is 1. The number of hydrogen-bond donors (Lipinski definition) is 3. The zero-order valence-electron chi connectivity index (χ0n) is 16.8. The molecule has 2 amide bonds. The molecule has 0 saturated carbocycles. The number of anilines is 1. The molecule has 8 nitrogen and oxygen atoms in total. The summed E-state index contributed by atoms with van der Waals surface area (Å²) in [6.07, 6.45) is 3.95.